The van der Waals surface area contributed by atoms with Gasteiger partial charge in [-0.3, -0.25) is 0 Å². The average Bonchev–Trinajstić information content (AvgIpc) is 2.28. The van der Waals surface area contributed by atoms with Gasteiger partial charge in [0.25, 0.3) is 0 Å². The summed E-state index contributed by atoms with van der Waals surface area (Å²) in [4.78, 5) is 0. The van der Waals surface area contributed by atoms with Crippen LogP contribution in [0.2, 0.25) is 0 Å². The molecule has 94 valence electrons. The van der Waals surface area contributed by atoms with Gasteiger partial charge in [-0.15, -0.1) is 0 Å². The van der Waals surface area contributed by atoms with Crippen molar-refractivity contribution in [1.29, 1.82) is 0 Å². The van der Waals surface area contributed by atoms with E-state index in [9.17, 15) is 10.2 Å². The summed E-state index contributed by atoms with van der Waals surface area (Å²) < 4.78 is 0. The zero-order valence-corrected chi connectivity index (χ0v) is 11.5. The van der Waals surface area contributed by atoms with Gasteiger partial charge in [0.05, 0.1) is 6.10 Å². The normalized spacial score (nSPS) is 14.1. The molecule has 0 saturated carbocycles. The molecule has 2 atom stereocenters. The van der Waals surface area contributed by atoms with Crippen molar-refractivity contribution in [2.24, 2.45) is 5.73 Å². The number of benzene rings is 1. The van der Waals surface area contributed by atoms with Crippen LogP contribution in [0.5, 0.6) is 0 Å². The molecule has 6 heteroatoms. The van der Waals surface area contributed by atoms with Crippen molar-refractivity contribution < 1.29 is 10.2 Å². The SMILES string of the molecule is NC(=S)Nc1ccccc1C(O)C(O)CCBr. The number of nitrogens with one attached hydrogen (secondary N) is 1. The quantitative estimate of drug-likeness (QED) is 0.489. The topological polar surface area (TPSA) is 78.5 Å². The van der Waals surface area contributed by atoms with Gasteiger partial charge in [-0.1, -0.05) is 34.1 Å². The van der Waals surface area contributed by atoms with Crippen molar-refractivity contribution >= 4 is 38.9 Å². The fourth-order valence-corrected chi connectivity index (χ4v) is 2.06. The van der Waals surface area contributed by atoms with E-state index in [0.717, 1.165) is 0 Å². The minimum Gasteiger partial charge on any atom is -0.390 e. The highest BCUT2D eigenvalue weighted by atomic mass is 79.9. The Morgan fingerprint density at radius 1 is 1.41 bits per heavy atom. The van der Waals surface area contributed by atoms with Gasteiger partial charge >= 0.3 is 0 Å². The molecule has 17 heavy (non-hydrogen) atoms. The molecule has 0 amide bonds. The highest BCUT2D eigenvalue weighted by molar-refractivity contribution is 9.09. The van der Waals surface area contributed by atoms with Crippen LogP contribution in [0, 0.1) is 0 Å². The van der Waals surface area contributed by atoms with Gasteiger partial charge in [0.1, 0.15) is 6.10 Å². The Balaban J connectivity index is 2.91. The predicted octanol–water partition coefficient (Wildman–Crippen LogP) is 1.52. The number of aliphatic hydroxyl groups excluding tert-OH is 2. The molecule has 1 rings (SSSR count). The molecule has 0 aliphatic rings. The zero-order valence-electron chi connectivity index (χ0n) is 9.14. The van der Waals surface area contributed by atoms with Crippen LogP contribution in [0.4, 0.5) is 5.69 Å². The Bertz CT molecular complexity index is 389. The van der Waals surface area contributed by atoms with Crippen LogP contribution < -0.4 is 11.1 Å². The molecule has 0 saturated heterocycles. The summed E-state index contributed by atoms with van der Waals surface area (Å²) >= 11 is 7.98. The Morgan fingerprint density at radius 3 is 2.65 bits per heavy atom. The first-order valence-corrected chi connectivity index (χ1v) is 6.66. The molecule has 0 aromatic heterocycles. The van der Waals surface area contributed by atoms with Crippen LogP contribution >= 0.6 is 28.1 Å². The first-order chi connectivity index (χ1) is 8.06. The van der Waals surface area contributed by atoms with Crippen molar-refractivity contribution in [3.05, 3.63) is 29.8 Å². The third kappa shape index (κ3) is 4.23. The molecule has 0 radical (unpaired) electrons. The summed E-state index contributed by atoms with van der Waals surface area (Å²) in [7, 11) is 0. The van der Waals surface area contributed by atoms with Crippen molar-refractivity contribution in [3.63, 3.8) is 0 Å². The summed E-state index contributed by atoms with van der Waals surface area (Å²) in [5.74, 6) is 0. The number of anilines is 1. The molecule has 1 aromatic rings. The van der Waals surface area contributed by atoms with Crippen molar-refractivity contribution in [2.45, 2.75) is 18.6 Å². The van der Waals surface area contributed by atoms with E-state index in [2.05, 4.69) is 21.2 Å². The van der Waals surface area contributed by atoms with Crippen LogP contribution in [-0.2, 0) is 0 Å². The smallest absolute Gasteiger partial charge is 0.168 e. The number of hydrogen-bond donors (Lipinski definition) is 4. The molecule has 4 nitrogen and oxygen atoms in total. The van der Waals surface area contributed by atoms with E-state index in [1.807, 2.05) is 0 Å². The maximum absolute atomic E-state index is 10.0. The second-order valence-electron chi connectivity index (χ2n) is 3.57. The molecule has 0 fully saturated rings. The van der Waals surface area contributed by atoms with Gasteiger partial charge in [-0.05, 0) is 24.7 Å². The van der Waals surface area contributed by atoms with E-state index in [1.165, 1.54) is 0 Å². The number of alkyl halides is 1. The van der Waals surface area contributed by atoms with E-state index in [-0.39, 0.29) is 5.11 Å². The lowest BCUT2D eigenvalue weighted by molar-refractivity contribution is 0.0178. The van der Waals surface area contributed by atoms with Crippen LogP contribution in [-0.4, -0.2) is 26.8 Å². The molecule has 0 bridgehead atoms. The molecule has 0 aliphatic carbocycles. The Labute approximate surface area is 114 Å². The molecule has 0 spiro atoms. The van der Waals surface area contributed by atoms with E-state index in [1.54, 1.807) is 24.3 Å². The lowest BCUT2D eigenvalue weighted by Crippen LogP contribution is -2.23. The number of hydrogen-bond acceptors (Lipinski definition) is 3. The molecule has 5 N–H and O–H groups in total. The highest BCUT2D eigenvalue weighted by Gasteiger charge is 2.20. The first kappa shape index (κ1) is 14.4. The second-order valence-corrected chi connectivity index (χ2v) is 4.80. The average molecular weight is 319 g/mol. The van der Waals surface area contributed by atoms with Crippen LogP contribution in [0.15, 0.2) is 24.3 Å². The minimum absolute atomic E-state index is 0.125. The predicted molar refractivity (Wildman–Crippen MR) is 76.2 cm³/mol. The van der Waals surface area contributed by atoms with Gasteiger partial charge in [0, 0.05) is 16.6 Å². The molecule has 2 unspecified atom stereocenters. The summed E-state index contributed by atoms with van der Waals surface area (Å²) in [6, 6.07) is 7.05. The molecular formula is C11H15BrN2O2S. The van der Waals surface area contributed by atoms with Gasteiger partial charge in [-0.2, -0.15) is 0 Å². The Kier molecular flexibility index (Phi) is 5.84. The number of nitrogens with two attached hydrogens (primary N) is 1. The lowest BCUT2D eigenvalue weighted by atomic mass is 10.0. The number of aliphatic hydroxyl groups is 2. The Hall–Kier alpha value is -0.690. The molecule has 0 aliphatic heterocycles. The van der Waals surface area contributed by atoms with Crippen molar-refractivity contribution in [2.75, 3.05) is 10.6 Å². The maximum atomic E-state index is 10.0. The van der Waals surface area contributed by atoms with Crippen LogP contribution in [0.25, 0.3) is 0 Å². The summed E-state index contributed by atoms with van der Waals surface area (Å²) in [6.45, 7) is 0. The molecule has 0 heterocycles. The fourth-order valence-electron chi connectivity index (χ4n) is 1.48. The van der Waals surface area contributed by atoms with E-state index in [0.29, 0.717) is 23.0 Å². The zero-order chi connectivity index (χ0) is 12.8. The Morgan fingerprint density at radius 2 is 2.06 bits per heavy atom. The largest absolute Gasteiger partial charge is 0.390 e. The number of rotatable bonds is 5. The van der Waals surface area contributed by atoms with Crippen LogP contribution in [0.1, 0.15) is 18.1 Å². The summed E-state index contributed by atoms with van der Waals surface area (Å²) in [5, 5.41) is 23.3. The highest BCUT2D eigenvalue weighted by Crippen LogP contribution is 2.26. The lowest BCUT2D eigenvalue weighted by Gasteiger charge is -2.20. The van der Waals surface area contributed by atoms with Gasteiger partial charge < -0.3 is 21.3 Å². The fraction of sp³-hybridized carbons (Fsp3) is 0.364. The van der Waals surface area contributed by atoms with Crippen LogP contribution in [0.3, 0.4) is 0 Å². The van der Waals surface area contributed by atoms with Gasteiger partial charge in [0.15, 0.2) is 5.11 Å². The molecular weight excluding hydrogens is 304 g/mol. The van der Waals surface area contributed by atoms with Gasteiger partial charge in [0.2, 0.25) is 0 Å². The monoisotopic (exact) mass is 318 g/mol. The van der Waals surface area contributed by atoms with E-state index < -0.39 is 12.2 Å². The standard InChI is InChI=1S/C11H15BrN2O2S/c12-6-5-9(15)10(16)7-3-1-2-4-8(7)14-11(13)17/h1-4,9-10,15-16H,5-6H2,(H3,13,14,17). The van der Waals surface area contributed by atoms with Crippen molar-refractivity contribution in [1.82, 2.24) is 0 Å². The third-order valence-electron chi connectivity index (χ3n) is 2.31. The summed E-state index contributed by atoms with van der Waals surface area (Å²) in [6.07, 6.45) is -1.34. The van der Waals surface area contributed by atoms with E-state index >= 15 is 0 Å². The first-order valence-electron chi connectivity index (χ1n) is 5.13. The third-order valence-corrected chi connectivity index (χ3v) is 2.87. The number of thiocarbonyl (C=S) groups is 1. The number of halogens is 1. The number of para-hydroxylation sites is 1. The second kappa shape index (κ2) is 6.90. The minimum atomic E-state index is -0.967. The molecule has 1 aromatic carbocycles. The maximum Gasteiger partial charge on any atom is 0.168 e. The van der Waals surface area contributed by atoms with Crippen molar-refractivity contribution in [3.8, 4) is 0 Å². The van der Waals surface area contributed by atoms with Gasteiger partial charge in [-0.25, -0.2) is 0 Å². The van der Waals surface area contributed by atoms with E-state index in [4.69, 9.17) is 18.0 Å². The summed E-state index contributed by atoms with van der Waals surface area (Å²) in [5.41, 5.74) is 6.59.